The van der Waals surface area contributed by atoms with Crippen molar-refractivity contribution < 1.29 is 31.8 Å². The van der Waals surface area contributed by atoms with Crippen molar-refractivity contribution in [3.05, 3.63) is 143 Å². The van der Waals surface area contributed by atoms with Crippen molar-refractivity contribution in [3.8, 4) is 34.2 Å². The topological polar surface area (TPSA) is 100 Å². The molecular weight excluding hydrogens is 836 g/mol. The molecule has 6 unspecified atom stereocenters. The quantitative estimate of drug-likeness (QED) is 0.189. The summed E-state index contributed by atoms with van der Waals surface area (Å²) in [6.45, 7) is 23.2. The maximum absolute atomic E-state index is 5.02. The van der Waals surface area contributed by atoms with E-state index in [0.717, 1.165) is 73.4 Å². The van der Waals surface area contributed by atoms with Gasteiger partial charge in [0.25, 0.3) is 0 Å². The normalized spacial score (nSPS) is 22.3. The summed E-state index contributed by atoms with van der Waals surface area (Å²) in [4.78, 5) is 39.3. The molecule has 12 nitrogen and oxygen atoms in total. The number of hydrogen-bond donors (Lipinski definition) is 3. The second-order valence-corrected chi connectivity index (χ2v) is 18.0. The molecule has 9 heterocycles. The van der Waals surface area contributed by atoms with Gasteiger partial charge in [0, 0.05) is 92.7 Å². The summed E-state index contributed by atoms with van der Waals surface area (Å²) in [5.41, 5.74) is 13.2. The molecule has 64 heavy (non-hydrogen) atoms. The van der Waals surface area contributed by atoms with E-state index in [9.17, 15) is 0 Å². The van der Waals surface area contributed by atoms with E-state index in [1.165, 1.54) is 53.0 Å². The summed E-state index contributed by atoms with van der Waals surface area (Å²) in [5, 5.41) is 0. The first-order valence-electron chi connectivity index (χ1n) is 22.7. The number of nitrogens with zero attached hydrogens (tertiary/aromatic N) is 9. The van der Waals surface area contributed by atoms with E-state index in [1.54, 1.807) is 27.1 Å². The van der Waals surface area contributed by atoms with E-state index in [-0.39, 0.29) is 17.1 Å². The second kappa shape index (κ2) is 22.9. The molecule has 0 bridgehead atoms. The third kappa shape index (κ3) is 12.9. The maximum atomic E-state index is 5.02. The molecule has 0 spiro atoms. The molecular formula is C51H69FeN12+3. The van der Waals surface area contributed by atoms with E-state index < -0.39 is 0 Å². The third-order valence-corrected chi connectivity index (χ3v) is 13.4. The zero-order valence-corrected chi connectivity index (χ0v) is 40.5. The Morgan fingerprint density at radius 2 is 0.938 bits per heavy atom. The van der Waals surface area contributed by atoms with Crippen molar-refractivity contribution in [1.82, 2.24) is 44.6 Å². The van der Waals surface area contributed by atoms with Gasteiger partial charge in [0.1, 0.15) is 31.6 Å². The summed E-state index contributed by atoms with van der Waals surface area (Å²) in [6, 6.07) is 25.3. The Kier molecular flexibility index (Phi) is 17.4. The molecule has 6 aromatic rings. The molecule has 3 aliphatic rings. The van der Waals surface area contributed by atoms with Crippen LogP contribution in [0.4, 0.5) is 0 Å². The van der Waals surface area contributed by atoms with Gasteiger partial charge in [-0.2, -0.15) is 0 Å². The van der Waals surface area contributed by atoms with E-state index >= 15 is 0 Å². The predicted molar refractivity (Wildman–Crippen MR) is 251 cm³/mol. The molecule has 9 rings (SSSR count). The van der Waals surface area contributed by atoms with Crippen LogP contribution in [0.3, 0.4) is 0 Å². The monoisotopic (exact) mass is 906 g/mol. The molecule has 3 saturated heterocycles. The van der Waals surface area contributed by atoms with E-state index in [2.05, 4.69) is 150 Å². The first kappa shape index (κ1) is 48.6. The van der Waals surface area contributed by atoms with Crippen LogP contribution in [0.5, 0.6) is 0 Å². The molecule has 0 radical (unpaired) electrons. The SMILES string of the molecule is Cc1cc(-c2cc(C[NH+]3CCN(C)C3C)ccn2)nc(-c2cc(C[NH+]3CCN(C)C3C)ccn2)c1.Cc1ccnc(-c2cc(CN3CC[NH+](C)C3C)ccn2)c1.Cc1ccncc1.[Fe]. The van der Waals surface area contributed by atoms with Crippen LogP contribution in [0.2, 0.25) is 0 Å². The minimum Gasteiger partial charge on any atom is -0.322 e. The standard InChI is InChI=1S/C28H37N7.C17H22N4.C6H7N.Fe/c1-20-14-27(25-16-23(6-8-29-25)18-34-12-10-32(4)21(34)2)31-28(15-20)26-17-24(7-9-30-26)19-35-13-11-33(5)22(35)3;1-13-4-6-18-16(10-13)17-11-15(5-7-19-17)12-21-9-8-20(3)14(21)2;1-6-2-4-7-5-3-6;/h6-9,14-17,21-22H,10-13,18-19H2,1-5H3;4-7,10-11,14H,8-9,12H2,1-3H3;2-5H,1H3;/p+3. The summed E-state index contributed by atoms with van der Waals surface area (Å²) in [6.07, 6.45) is 12.8. The fourth-order valence-corrected chi connectivity index (χ4v) is 8.74. The first-order chi connectivity index (χ1) is 30.4. The van der Waals surface area contributed by atoms with E-state index in [1.807, 2.05) is 49.9 Å². The fraction of sp³-hybridized carbons (Fsp3) is 0.412. The minimum absolute atomic E-state index is 0. The number of quaternary nitrogens is 3. The summed E-state index contributed by atoms with van der Waals surface area (Å²) in [5.74, 6) is 0. The Morgan fingerprint density at radius 3 is 1.38 bits per heavy atom. The zero-order chi connectivity index (χ0) is 44.5. The molecule has 3 N–H and O–H groups in total. The van der Waals surface area contributed by atoms with Crippen molar-refractivity contribution in [1.29, 1.82) is 0 Å². The fourth-order valence-electron chi connectivity index (χ4n) is 8.74. The van der Waals surface area contributed by atoms with Gasteiger partial charge in [-0.3, -0.25) is 34.7 Å². The van der Waals surface area contributed by atoms with Gasteiger partial charge in [-0.25, -0.2) is 9.88 Å². The Balaban J connectivity index is 0.000000197. The molecule has 0 saturated carbocycles. The number of hydrogen-bond acceptors (Lipinski definition) is 9. The summed E-state index contributed by atoms with van der Waals surface area (Å²) in [7, 11) is 6.68. The maximum Gasteiger partial charge on any atom is 0.141 e. The van der Waals surface area contributed by atoms with Gasteiger partial charge in [0.05, 0.1) is 80.5 Å². The molecule has 0 aliphatic carbocycles. The molecule has 0 aromatic carbocycles. The van der Waals surface area contributed by atoms with Gasteiger partial charge in [-0.15, -0.1) is 0 Å². The molecule has 6 atom stereocenters. The van der Waals surface area contributed by atoms with E-state index in [4.69, 9.17) is 4.98 Å². The molecule has 0 amide bonds. The van der Waals surface area contributed by atoms with Gasteiger partial charge in [-0.05, 0) is 130 Å². The van der Waals surface area contributed by atoms with Gasteiger partial charge in [0.15, 0.2) is 0 Å². The largest absolute Gasteiger partial charge is 0.322 e. The van der Waals surface area contributed by atoms with Gasteiger partial charge in [0.2, 0.25) is 0 Å². The van der Waals surface area contributed by atoms with Crippen molar-refractivity contribution in [3.63, 3.8) is 0 Å². The first-order valence-corrected chi connectivity index (χ1v) is 22.7. The van der Waals surface area contributed by atoms with Crippen LogP contribution in [0.15, 0.2) is 110 Å². The average Bonchev–Trinajstić information content (AvgIpc) is 3.90. The Bertz CT molecular complexity index is 2310. The minimum atomic E-state index is 0. The predicted octanol–water partition coefficient (Wildman–Crippen LogP) is 3.38. The van der Waals surface area contributed by atoms with Crippen LogP contribution in [0.1, 0.15) is 54.2 Å². The Morgan fingerprint density at radius 1 is 0.500 bits per heavy atom. The summed E-state index contributed by atoms with van der Waals surface area (Å²) < 4.78 is 0. The Hall–Kier alpha value is -4.82. The number of aromatic nitrogens is 6. The van der Waals surface area contributed by atoms with E-state index in [0.29, 0.717) is 18.5 Å². The van der Waals surface area contributed by atoms with Crippen LogP contribution in [-0.4, -0.2) is 124 Å². The van der Waals surface area contributed by atoms with Crippen molar-refractivity contribution in [2.45, 2.75) is 79.7 Å². The third-order valence-electron chi connectivity index (χ3n) is 13.4. The number of likely N-dealkylation sites (N-methyl/N-ethyl adjacent to an activating group) is 3. The number of aryl methyl sites for hydroxylation is 3. The Labute approximate surface area is 392 Å². The number of rotatable bonds is 9. The van der Waals surface area contributed by atoms with Crippen LogP contribution in [-0.2, 0) is 36.7 Å². The smallest absolute Gasteiger partial charge is 0.141 e. The van der Waals surface area contributed by atoms with Crippen molar-refractivity contribution in [2.75, 3.05) is 60.4 Å². The summed E-state index contributed by atoms with van der Waals surface area (Å²) >= 11 is 0. The number of pyridine rings is 6. The number of nitrogens with one attached hydrogen (secondary N) is 3. The van der Waals surface area contributed by atoms with Crippen LogP contribution in [0, 0.1) is 20.8 Å². The molecule has 338 valence electrons. The van der Waals surface area contributed by atoms with Crippen LogP contribution < -0.4 is 14.7 Å². The van der Waals surface area contributed by atoms with Gasteiger partial charge >= 0.3 is 0 Å². The van der Waals surface area contributed by atoms with Crippen molar-refractivity contribution >= 4 is 0 Å². The second-order valence-electron chi connectivity index (χ2n) is 18.0. The van der Waals surface area contributed by atoms with Gasteiger partial charge < -0.3 is 14.7 Å². The van der Waals surface area contributed by atoms with Crippen molar-refractivity contribution in [2.24, 2.45) is 0 Å². The van der Waals surface area contributed by atoms with Crippen LogP contribution in [0.25, 0.3) is 34.2 Å². The van der Waals surface area contributed by atoms with Crippen LogP contribution >= 0.6 is 0 Å². The zero-order valence-electron chi connectivity index (χ0n) is 39.4. The molecule has 13 heteroatoms. The molecule has 6 aromatic heterocycles. The van der Waals surface area contributed by atoms with Gasteiger partial charge in [-0.1, -0.05) is 0 Å². The molecule has 3 fully saturated rings. The average molecular weight is 906 g/mol. The molecule has 3 aliphatic heterocycles.